The van der Waals surface area contributed by atoms with E-state index < -0.39 is 0 Å². The predicted octanol–water partition coefficient (Wildman–Crippen LogP) is 3.15. The fourth-order valence-corrected chi connectivity index (χ4v) is 1.62. The average Bonchev–Trinajstić information content (AvgIpc) is 2.29. The molecule has 4 heteroatoms. The van der Waals surface area contributed by atoms with Crippen LogP contribution in [0.25, 0.3) is 0 Å². The van der Waals surface area contributed by atoms with Crippen molar-refractivity contribution in [2.45, 2.75) is 20.3 Å². The highest BCUT2D eigenvalue weighted by atomic mass is 79.9. The van der Waals surface area contributed by atoms with E-state index in [2.05, 4.69) is 27.5 Å². The lowest BCUT2D eigenvalue weighted by atomic mass is 10.1. The van der Waals surface area contributed by atoms with Gasteiger partial charge in [0.25, 0.3) is 5.91 Å². The molecule has 0 atom stereocenters. The van der Waals surface area contributed by atoms with Gasteiger partial charge in [0.2, 0.25) is 0 Å². The lowest BCUT2D eigenvalue weighted by Gasteiger charge is -2.19. The summed E-state index contributed by atoms with van der Waals surface area (Å²) >= 11 is 3.31. The van der Waals surface area contributed by atoms with E-state index in [-0.39, 0.29) is 5.91 Å². The van der Waals surface area contributed by atoms with Crippen LogP contribution in [-0.4, -0.2) is 22.8 Å². The number of nitrogens with zero attached hydrogens (tertiary/aromatic N) is 2. The third kappa shape index (κ3) is 2.70. The van der Waals surface area contributed by atoms with Crippen molar-refractivity contribution in [1.29, 1.82) is 0 Å². The molecule has 0 aliphatic rings. The van der Waals surface area contributed by atoms with Crippen molar-refractivity contribution in [1.82, 2.24) is 9.88 Å². The number of carbonyl (C=O) groups excluding carboxylic acids is 1. The van der Waals surface area contributed by atoms with Crippen LogP contribution in [0.5, 0.6) is 0 Å². The Kier molecular flexibility index (Phi) is 4.24. The number of hydrogen-bond donors (Lipinski definition) is 0. The summed E-state index contributed by atoms with van der Waals surface area (Å²) in [6.45, 7) is 7.64. The molecule has 0 fully saturated rings. The van der Waals surface area contributed by atoms with Gasteiger partial charge in [-0.1, -0.05) is 13.5 Å². The Balaban J connectivity index is 3.05. The third-order valence-corrected chi connectivity index (χ3v) is 2.90. The lowest BCUT2D eigenvalue weighted by Crippen LogP contribution is -2.26. The van der Waals surface area contributed by atoms with Crippen LogP contribution in [0.3, 0.4) is 0 Å². The Morgan fingerprint density at radius 3 is 2.81 bits per heavy atom. The van der Waals surface area contributed by atoms with Gasteiger partial charge in [-0.05, 0) is 35.3 Å². The van der Waals surface area contributed by atoms with Crippen molar-refractivity contribution < 1.29 is 4.79 Å². The molecule has 0 N–H and O–H groups in total. The topological polar surface area (TPSA) is 33.2 Å². The largest absolute Gasteiger partial charge is 0.316 e. The number of aryl methyl sites for hydroxylation is 1. The summed E-state index contributed by atoms with van der Waals surface area (Å²) in [6.07, 6.45) is 2.43. The van der Waals surface area contributed by atoms with Crippen LogP contribution in [0.15, 0.2) is 29.0 Å². The van der Waals surface area contributed by atoms with Gasteiger partial charge in [-0.3, -0.25) is 9.78 Å². The van der Waals surface area contributed by atoms with Gasteiger partial charge in [0.1, 0.15) is 0 Å². The highest BCUT2D eigenvalue weighted by Gasteiger charge is 2.16. The minimum Gasteiger partial charge on any atom is -0.316 e. The number of carbonyl (C=O) groups is 1. The normalized spacial score (nSPS) is 10.0. The smallest absolute Gasteiger partial charge is 0.259 e. The van der Waals surface area contributed by atoms with Crippen LogP contribution >= 0.6 is 15.9 Å². The maximum absolute atomic E-state index is 12.1. The number of hydrogen-bond acceptors (Lipinski definition) is 2. The van der Waals surface area contributed by atoms with Crippen molar-refractivity contribution in [3.63, 3.8) is 0 Å². The van der Waals surface area contributed by atoms with Gasteiger partial charge in [-0.2, -0.15) is 0 Å². The Morgan fingerprint density at radius 2 is 2.25 bits per heavy atom. The first-order valence-corrected chi connectivity index (χ1v) is 5.84. The van der Waals surface area contributed by atoms with Gasteiger partial charge in [0.15, 0.2) is 0 Å². The van der Waals surface area contributed by atoms with Gasteiger partial charge < -0.3 is 4.90 Å². The van der Waals surface area contributed by atoms with Crippen LogP contribution < -0.4 is 0 Å². The summed E-state index contributed by atoms with van der Waals surface area (Å²) < 4.78 is 0.803. The number of aromatic nitrogens is 1. The second kappa shape index (κ2) is 5.25. The van der Waals surface area contributed by atoms with Crippen LogP contribution in [0, 0.1) is 6.92 Å². The Labute approximate surface area is 104 Å². The van der Waals surface area contributed by atoms with Crippen molar-refractivity contribution in [2.75, 3.05) is 7.05 Å². The van der Waals surface area contributed by atoms with Gasteiger partial charge in [0, 0.05) is 23.4 Å². The molecule has 0 radical (unpaired) electrons. The van der Waals surface area contributed by atoms with Gasteiger partial charge in [0.05, 0.1) is 11.3 Å². The van der Waals surface area contributed by atoms with Crippen LogP contribution in [0.1, 0.15) is 29.4 Å². The molecule has 0 aliphatic carbocycles. The predicted molar refractivity (Wildman–Crippen MR) is 68.2 cm³/mol. The molecule has 0 unspecified atom stereocenters. The molecule has 0 aliphatic heterocycles. The van der Waals surface area contributed by atoms with Gasteiger partial charge >= 0.3 is 0 Å². The lowest BCUT2D eigenvalue weighted by molar-refractivity contribution is 0.0832. The minimum absolute atomic E-state index is 0.0712. The zero-order chi connectivity index (χ0) is 12.3. The minimum atomic E-state index is -0.0712. The standard InChI is InChI=1S/C12H15BrN2O/c1-5-8(2)15(4)12(16)11-6-10(13)7-14-9(11)3/h6-7H,2,5H2,1,3-4H3. The molecular weight excluding hydrogens is 268 g/mol. The number of rotatable bonds is 3. The third-order valence-electron chi connectivity index (χ3n) is 2.47. The summed E-state index contributed by atoms with van der Waals surface area (Å²) in [6, 6.07) is 1.78. The molecule has 86 valence electrons. The number of halogens is 1. The molecule has 1 aromatic heterocycles. The maximum Gasteiger partial charge on any atom is 0.259 e. The van der Waals surface area contributed by atoms with Gasteiger partial charge in [-0.25, -0.2) is 0 Å². The highest BCUT2D eigenvalue weighted by molar-refractivity contribution is 9.10. The van der Waals surface area contributed by atoms with E-state index in [1.807, 2.05) is 13.8 Å². The summed E-state index contributed by atoms with van der Waals surface area (Å²) in [7, 11) is 1.73. The van der Waals surface area contributed by atoms with E-state index in [4.69, 9.17) is 0 Å². The van der Waals surface area contributed by atoms with E-state index in [0.717, 1.165) is 22.3 Å². The van der Waals surface area contributed by atoms with Crippen LogP contribution in [-0.2, 0) is 0 Å². The van der Waals surface area contributed by atoms with Gasteiger partial charge in [-0.15, -0.1) is 0 Å². The molecule has 0 saturated heterocycles. The molecule has 0 saturated carbocycles. The fourth-order valence-electron chi connectivity index (χ4n) is 1.29. The first kappa shape index (κ1) is 12.9. The Hall–Kier alpha value is -1.16. The van der Waals surface area contributed by atoms with Crippen molar-refractivity contribution in [2.24, 2.45) is 0 Å². The van der Waals surface area contributed by atoms with E-state index in [9.17, 15) is 4.79 Å². The molecule has 1 amide bonds. The molecule has 1 rings (SSSR count). The quantitative estimate of drug-likeness (QED) is 0.853. The van der Waals surface area contributed by atoms with E-state index in [0.29, 0.717) is 5.56 Å². The highest BCUT2D eigenvalue weighted by Crippen LogP contribution is 2.17. The van der Waals surface area contributed by atoms with Crippen molar-refractivity contribution >= 4 is 21.8 Å². The van der Waals surface area contributed by atoms with Crippen molar-refractivity contribution in [3.8, 4) is 0 Å². The Morgan fingerprint density at radius 1 is 1.62 bits per heavy atom. The molecular formula is C12H15BrN2O. The molecule has 0 spiro atoms. The maximum atomic E-state index is 12.1. The zero-order valence-electron chi connectivity index (χ0n) is 9.75. The van der Waals surface area contributed by atoms with Crippen LogP contribution in [0.4, 0.5) is 0 Å². The second-order valence-corrected chi connectivity index (χ2v) is 4.49. The first-order valence-electron chi connectivity index (χ1n) is 5.05. The van der Waals surface area contributed by atoms with Crippen LogP contribution in [0.2, 0.25) is 0 Å². The van der Waals surface area contributed by atoms with Crippen molar-refractivity contribution in [3.05, 3.63) is 40.3 Å². The molecule has 0 aromatic carbocycles. The monoisotopic (exact) mass is 282 g/mol. The molecule has 0 bridgehead atoms. The summed E-state index contributed by atoms with van der Waals surface area (Å²) in [5, 5.41) is 0. The summed E-state index contributed by atoms with van der Waals surface area (Å²) in [5.74, 6) is -0.0712. The number of allylic oxidation sites excluding steroid dienone is 1. The SMILES string of the molecule is C=C(CC)N(C)C(=O)c1cc(Br)cnc1C. The molecule has 3 nitrogen and oxygen atoms in total. The van der Waals surface area contributed by atoms with E-state index in [1.165, 1.54) is 0 Å². The summed E-state index contributed by atoms with van der Waals surface area (Å²) in [5.41, 5.74) is 2.12. The van der Waals surface area contributed by atoms with E-state index >= 15 is 0 Å². The number of pyridine rings is 1. The fraction of sp³-hybridized carbons (Fsp3) is 0.333. The zero-order valence-corrected chi connectivity index (χ0v) is 11.3. The second-order valence-electron chi connectivity index (χ2n) is 3.57. The molecule has 1 aromatic rings. The molecule has 16 heavy (non-hydrogen) atoms. The summed E-state index contributed by atoms with van der Waals surface area (Å²) in [4.78, 5) is 17.8. The number of amides is 1. The first-order chi connectivity index (χ1) is 7.47. The Bertz CT molecular complexity index is 429. The van der Waals surface area contributed by atoms with E-state index in [1.54, 1.807) is 24.2 Å². The molecule has 1 heterocycles. The average molecular weight is 283 g/mol.